The molecule has 0 atom stereocenters. The van der Waals surface area contributed by atoms with Crippen LogP contribution in [-0.4, -0.2) is 28.9 Å². The molecule has 1 aliphatic heterocycles. The molecule has 4 heteroatoms. The predicted octanol–water partition coefficient (Wildman–Crippen LogP) is 3.84. The molecule has 1 aromatic rings. The summed E-state index contributed by atoms with van der Waals surface area (Å²) in [6.45, 7) is 3.61. The highest BCUT2D eigenvalue weighted by Crippen LogP contribution is 2.46. The number of nitrogens with zero attached hydrogens (tertiary/aromatic N) is 2. The average molecular weight is 293 g/mol. The van der Waals surface area contributed by atoms with Gasteiger partial charge in [-0.25, -0.2) is 0 Å². The highest BCUT2D eigenvalue weighted by Gasteiger charge is 2.38. The van der Waals surface area contributed by atoms with Gasteiger partial charge in [0, 0.05) is 25.0 Å². The lowest BCUT2D eigenvalue weighted by Gasteiger charge is -2.39. The number of aromatic nitrogens is 1. The highest BCUT2D eigenvalue weighted by atomic mass is 35.5. The van der Waals surface area contributed by atoms with E-state index in [1.807, 2.05) is 11.8 Å². The molecule has 108 valence electrons. The monoisotopic (exact) mass is 292 g/mol. The molecule has 1 spiro atoms. The van der Waals surface area contributed by atoms with E-state index in [-0.39, 0.29) is 5.91 Å². The van der Waals surface area contributed by atoms with Gasteiger partial charge in [-0.05, 0) is 44.1 Å². The van der Waals surface area contributed by atoms with Crippen LogP contribution in [-0.2, 0) is 0 Å². The average Bonchev–Trinajstić information content (AvgIpc) is 2.87. The van der Waals surface area contributed by atoms with Crippen molar-refractivity contribution in [2.24, 2.45) is 5.41 Å². The highest BCUT2D eigenvalue weighted by molar-refractivity contribution is 6.33. The number of carbonyl (C=O) groups excluding carboxylic acids is 1. The third kappa shape index (κ3) is 2.56. The van der Waals surface area contributed by atoms with Crippen molar-refractivity contribution in [2.45, 2.75) is 45.4 Å². The predicted molar refractivity (Wildman–Crippen MR) is 80.0 cm³/mol. The summed E-state index contributed by atoms with van der Waals surface area (Å²) in [7, 11) is 0. The van der Waals surface area contributed by atoms with E-state index in [0.717, 1.165) is 31.6 Å². The van der Waals surface area contributed by atoms with Crippen LogP contribution in [0.1, 0.15) is 54.6 Å². The Morgan fingerprint density at radius 2 is 1.90 bits per heavy atom. The van der Waals surface area contributed by atoms with E-state index in [2.05, 4.69) is 4.98 Å². The van der Waals surface area contributed by atoms with Crippen LogP contribution in [0, 0.1) is 12.3 Å². The Bertz CT molecular complexity index is 513. The second kappa shape index (κ2) is 5.36. The lowest BCUT2D eigenvalue weighted by Crippen LogP contribution is -2.42. The van der Waals surface area contributed by atoms with E-state index in [1.165, 1.54) is 25.7 Å². The third-order valence-electron chi connectivity index (χ3n) is 5.00. The smallest absolute Gasteiger partial charge is 0.256 e. The molecule has 0 bridgehead atoms. The minimum absolute atomic E-state index is 0.0374. The molecule has 3 nitrogen and oxygen atoms in total. The first-order valence-corrected chi connectivity index (χ1v) is 7.89. The van der Waals surface area contributed by atoms with Crippen molar-refractivity contribution >= 4 is 17.5 Å². The molecule has 20 heavy (non-hydrogen) atoms. The van der Waals surface area contributed by atoms with Crippen LogP contribution < -0.4 is 0 Å². The Hall–Kier alpha value is -1.09. The lowest BCUT2D eigenvalue weighted by molar-refractivity contribution is 0.0587. The van der Waals surface area contributed by atoms with E-state index < -0.39 is 0 Å². The number of aryl methyl sites for hydroxylation is 1. The van der Waals surface area contributed by atoms with Gasteiger partial charge >= 0.3 is 0 Å². The second-order valence-corrected chi connectivity index (χ2v) is 6.71. The van der Waals surface area contributed by atoms with Crippen molar-refractivity contribution in [3.8, 4) is 0 Å². The molecule has 1 saturated heterocycles. The van der Waals surface area contributed by atoms with Crippen molar-refractivity contribution in [3.63, 3.8) is 0 Å². The van der Waals surface area contributed by atoms with E-state index in [4.69, 9.17) is 11.6 Å². The zero-order valence-corrected chi connectivity index (χ0v) is 12.7. The summed E-state index contributed by atoms with van der Waals surface area (Å²) in [6, 6.07) is 1.76. The minimum Gasteiger partial charge on any atom is -0.339 e. The molecule has 0 N–H and O–H groups in total. The molecule has 3 rings (SSSR count). The summed E-state index contributed by atoms with van der Waals surface area (Å²) in [5, 5.41) is 0.517. The van der Waals surface area contributed by atoms with Crippen LogP contribution in [0.4, 0.5) is 0 Å². The van der Waals surface area contributed by atoms with E-state index in [9.17, 15) is 4.79 Å². The fourth-order valence-corrected chi connectivity index (χ4v) is 3.95. The van der Waals surface area contributed by atoms with E-state index in [0.29, 0.717) is 16.0 Å². The van der Waals surface area contributed by atoms with E-state index >= 15 is 0 Å². The Balaban J connectivity index is 1.69. The number of hydrogen-bond donors (Lipinski definition) is 0. The first-order chi connectivity index (χ1) is 9.60. The number of likely N-dealkylation sites (tertiary alicyclic amines) is 1. The van der Waals surface area contributed by atoms with Crippen LogP contribution in [0.2, 0.25) is 5.02 Å². The number of halogens is 1. The number of hydrogen-bond acceptors (Lipinski definition) is 2. The quantitative estimate of drug-likeness (QED) is 0.788. The van der Waals surface area contributed by atoms with Crippen LogP contribution in [0.5, 0.6) is 0 Å². The van der Waals surface area contributed by atoms with Gasteiger partial charge in [0.15, 0.2) is 0 Å². The van der Waals surface area contributed by atoms with Gasteiger partial charge in [-0.3, -0.25) is 9.78 Å². The molecule has 2 aliphatic rings. The Morgan fingerprint density at radius 1 is 1.25 bits per heavy atom. The molecule has 0 radical (unpaired) electrons. The van der Waals surface area contributed by atoms with Crippen LogP contribution in [0.3, 0.4) is 0 Å². The third-order valence-corrected chi connectivity index (χ3v) is 5.31. The van der Waals surface area contributed by atoms with Gasteiger partial charge in [0.2, 0.25) is 0 Å². The molecule has 1 saturated carbocycles. The Labute approximate surface area is 125 Å². The van der Waals surface area contributed by atoms with Gasteiger partial charge in [0.05, 0.1) is 10.6 Å². The SMILES string of the molecule is Cc1cc(Cl)c(C(=O)N2CCC3(CCCC3)CC2)cn1. The zero-order valence-electron chi connectivity index (χ0n) is 12.0. The van der Waals surface area contributed by atoms with E-state index in [1.54, 1.807) is 12.3 Å². The summed E-state index contributed by atoms with van der Waals surface area (Å²) in [4.78, 5) is 18.7. The first-order valence-electron chi connectivity index (χ1n) is 7.51. The van der Waals surface area contributed by atoms with Crippen molar-refractivity contribution < 1.29 is 4.79 Å². The second-order valence-electron chi connectivity index (χ2n) is 6.30. The van der Waals surface area contributed by atoms with Crippen molar-refractivity contribution in [2.75, 3.05) is 13.1 Å². The lowest BCUT2D eigenvalue weighted by atomic mass is 9.77. The molecular formula is C16H21ClN2O. The van der Waals surface area contributed by atoms with Crippen LogP contribution in [0.15, 0.2) is 12.3 Å². The summed E-state index contributed by atoms with van der Waals surface area (Å²) in [5.74, 6) is 0.0374. The van der Waals surface area contributed by atoms with Crippen molar-refractivity contribution in [1.82, 2.24) is 9.88 Å². The molecule has 2 heterocycles. The summed E-state index contributed by atoms with van der Waals surface area (Å²) < 4.78 is 0. The molecular weight excluding hydrogens is 272 g/mol. The summed E-state index contributed by atoms with van der Waals surface area (Å²) >= 11 is 6.18. The largest absolute Gasteiger partial charge is 0.339 e. The van der Waals surface area contributed by atoms with Gasteiger partial charge < -0.3 is 4.90 Å². The summed E-state index contributed by atoms with van der Waals surface area (Å²) in [6.07, 6.45) is 9.33. The Kier molecular flexibility index (Phi) is 3.72. The molecule has 0 unspecified atom stereocenters. The van der Waals surface area contributed by atoms with Gasteiger partial charge in [0.25, 0.3) is 5.91 Å². The Morgan fingerprint density at radius 3 is 2.50 bits per heavy atom. The number of amides is 1. The standard InChI is InChI=1S/C16H21ClN2O/c1-12-10-14(17)13(11-18-12)15(20)19-8-6-16(7-9-19)4-2-3-5-16/h10-11H,2-9H2,1H3. The number of pyridine rings is 1. The summed E-state index contributed by atoms with van der Waals surface area (Å²) in [5.41, 5.74) is 1.92. The molecule has 0 aromatic carbocycles. The molecule has 1 aliphatic carbocycles. The first kappa shape index (κ1) is 13.9. The minimum atomic E-state index is 0.0374. The number of carbonyl (C=O) groups is 1. The van der Waals surface area contributed by atoms with Crippen molar-refractivity contribution in [3.05, 3.63) is 28.5 Å². The molecule has 2 fully saturated rings. The topological polar surface area (TPSA) is 33.2 Å². The maximum Gasteiger partial charge on any atom is 0.256 e. The normalized spacial score (nSPS) is 21.4. The fourth-order valence-electron chi connectivity index (χ4n) is 3.66. The van der Waals surface area contributed by atoms with Gasteiger partial charge in [-0.2, -0.15) is 0 Å². The number of piperidine rings is 1. The molecule has 1 aromatic heterocycles. The molecule has 1 amide bonds. The maximum absolute atomic E-state index is 12.5. The zero-order chi connectivity index (χ0) is 14.2. The maximum atomic E-state index is 12.5. The van der Waals surface area contributed by atoms with Gasteiger partial charge in [-0.15, -0.1) is 0 Å². The number of rotatable bonds is 1. The van der Waals surface area contributed by atoms with Crippen LogP contribution in [0.25, 0.3) is 0 Å². The van der Waals surface area contributed by atoms with Gasteiger partial charge in [-0.1, -0.05) is 24.4 Å². The van der Waals surface area contributed by atoms with Crippen molar-refractivity contribution in [1.29, 1.82) is 0 Å². The fraction of sp³-hybridized carbons (Fsp3) is 0.625. The van der Waals surface area contributed by atoms with Crippen LogP contribution >= 0.6 is 11.6 Å². The van der Waals surface area contributed by atoms with Gasteiger partial charge in [0.1, 0.15) is 0 Å².